The molecule has 0 bridgehead atoms. The first kappa shape index (κ1) is 20.9. The van der Waals surface area contributed by atoms with Gasteiger partial charge in [-0.15, -0.1) is 0 Å². The van der Waals surface area contributed by atoms with E-state index in [9.17, 15) is 13.2 Å². The molecule has 8 heteroatoms. The fraction of sp³-hybridized carbons (Fsp3) is 0.500. The summed E-state index contributed by atoms with van der Waals surface area (Å²) in [7, 11) is -3.61. The highest BCUT2D eigenvalue weighted by atomic mass is 32.2. The molecule has 0 aliphatic carbocycles. The highest BCUT2D eigenvalue weighted by Gasteiger charge is 2.29. The molecule has 0 radical (unpaired) electrons. The summed E-state index contributed by atoms with van der Waals surface area (Å²) in [6.45, 7) is 4.65. The standard InChI is InChI=1S/C22H29N3O4S/c1-17(21-8-7-15-29-21)23-22(26)19-16-18(9-10-20(19)24-11-5-6-12-24)30(27,28)25-13-3-2-4-14-25/h7-10,15-17H,2-6,11-14H2,1H3,(H,23,26). The van der Waals surface area contributed by atoms with E-state index in [-0.39, 0.29) is 16.8 Å². The zero-order valence-electron chi connectivity index (χ0n) is 17.3. The second kappa shape index (κ2) is 8.81. The minimum absolute atomic E-state index is 0.183. The molecule has 0 spiro atoms. The number of hydrogen-bond acceptors (Lipinski definition) is 5. The van der Waals surface area contributed by atoms with Crippen LogP contribution in [0.2, 0.25) is 0 Å². The Bertz CT molecular complexity index is 976. The largest absolute Gasteiger partial charge is 0.467 e. The number of benzene rings is 1. The fourth-order valence-corrected chi connectivity index (χ4v) is 5.77. The predicted octanol–water partition coefficient (Wildman–Crippen LogP) is 3.55. The number of amides is 1. The Labute approximate surface area is 178 Å². The van der Waals surface area contributed by atoms with Crippen LogP contribution in [0.1, 0.15) is 61.2 Å². The molecule has 2 aliphatic heterocycles. The summed E-state index contributed by atoms with van der Waals surface area (Å²) < 4.78 is 33.3. The van der Waals surface area contributed by atoms with Crippen molar-refractivity contribution >= 4 is 21.6 Å². The number of carbonyl (C=O) groups excluding carboxylic acids is 1. The van der Waals surface area contributed by atoms with Gasteiger partial charge in [-0.25, -0.2) is 8.42 Å². The van der Waals surface area contributed by atoms with Crippen molar-refractivity contribution in [2.45, 2.75) is 50.0 Å². The van der Waals surface area contributed by atoms with E-state index in [1.54, 1.807) is 30.5 Å². The van der Waals surface area contributed by atoms with E-state index in [1.165, 1.54) is 4.31 Å². The number of nitrogens with one attached hydrogen (secondary N) is 1. The van der Waals surface area contributed by atoms with Crippen molar-refractivity contribution in [3.63, 3.8) is 0 Å². The van der Waals surface area contributed by atoms with Gasteiger partial charge in [-0.1, -0.05) is 6.42 Å². The van der Waals surface area contributed by atoms with Crippen molar-refractivity contribution in [1.29, 1.82) is 0 Å². The maximum absolute atomic E-state index is 13.2. The molecule has 30 heavy (non-hydrogen) atoms. The molecule has 7 nitrogen and oxygen atoms in total. The van der Waals surface area contributed by atoms with Crippen LogP contribution in [-0.4, -0.2) is 44.8 Å². The lowest BCUT2D eigenvalue weighted by atomic mass is 10.1. The molecule has 0 saturated carbocycles. The molecule has 2 fully saturated rings. The van der Waals surface area contributed by atoms with Crippen LogP contribution in [0.25, 0.3) is 0 Å². The van der Waals surface area contributed by atoms with Crippen molar-refractivity contribution in [1.82, 2.24) is 9.62 Å². The van der Waals surface area contributed by atoms with Gasteiger partial charge in [0.1, 0.15) is 5.76 Å². The summed E-state index contributed by atoms with van der Waals surface area (Å²) in [5.41, 5.74) is 1.18. The van der Waals surface area contributed by atoms with Gasteiger partial charge < -0.3 is 14.6 Å². The highest BCUT2D eigenvalue weighted by molar-refractivity contribution is 7.89. The van der Waals surface area contributed by atoms with Crippen LogP contribution in [0.4, 0.5) is 5.69 Å². The Morgan fingerprint density at radius 2 is 1.73 bits per heavy atom. The number of rotatable bonds is 6. The van der Waals surface area contributed by atoms with Crippen LogP contribution < -0.4 is 10.2 Å². The Kier molecular flexibility index (Phi) is 6.15. The minimum Gasteiger partial charge on any atom is -0.467 e. The quantitative estimate of drug-likeness (QED) is 0.756. The Morgan fingerprint density at radius 3 is 2.40 bits per heavy atom. The summed E-state index contributed by atoms with van der Waals surface area (Å²) in [5, 5.41) is 2.95. The molecule has 1 atom stereocenters. The second-order valence-corrected chi connectivity index (χ2v) is 9.99. The van der Waals surface area contributed by atoms with Gasteiger partial charge in [0, 0.05) is 31.9 Å². The van der Waals surface area contributed by atoms with Gasteiger partial charge in [0.05, 0.1) is 22.8 Å². The van der Waals surface area contributed by atoms with Gasteiger partial charge in [-0.3, -0.25) is 4.79 Å². The van der Waals surface area contributed by atoms with Crippen LogP contribution in [0, 0.1) is 0 Å². The zero-order chi connectivity index (χ0) is 21.1. The van der Waals surface area contributed by atoms with Crippen molar-refractivity contribution in [3.8, 4) is 0 Å². The first-order valence-electron chi connectivity index (χ1n) is 10.7. The third-order valence-corrected chi connectivity index (χ3v) is 7.82. The Hall–Kier alpha value is -2.32. The average Bonchev–Trinajstić information content (AvgIpc) is 3.48. The van der Waals surface area contributed by atoms with Crippen LogP contribution >= 0.6 is 0 Å². The molecule has 2 saturated heterocycles. The number of sulfonamides is 1. The number of hydrogen-bond donors (Lipinski definition) is 1. The van der Waals surface area contributed by atoms with Gasteiger partial charge in [0.15, 0.2) is 0 Å². The average molecular weight is 432 g/mol. The molecule has 1 amide bonds. The second-order valence-electron chi connectivity index (χ2n) is 8.05. The predicted molar refractivity (Wildman–Crippen MR) is 115 cm³/mol. The van der Waals surface area contributed by atoms with Crippen molar-refractivity contribution < 1.29 is 17.6 Å². The fourth-order valence-electron chi connectivity index (χ4n) is 4.23. The summed E-state index contributed by atoms with van der Waals surface area (Å²) >= 11 is 0. The van der Waals surface area contributed by atoms with Crippen LogP contribution in [0.15, 0.2) is 45.9 Å². The number of carbonyl (C=O) groups is 1. The topological polar surface area (TPSA) is 82.9 Å². The molecule has 2 aliphatic rings. The SMILES string of the molecule is CC(NC(=O)c1cc(S(=O)(=O)N2CCCCC2)ccc1N1CCCC1)c1ccco1. The van der Waals surface area contributed by atoms with Crippen LogP contribution in [0.5, 0.6) is 0 Å². The lowest BCUT2D eigenvalue weighted by molar-refractivity contribution is 0.0935. The van der Waals surface area contributed by atoms with E-state index < -0.39 is 10.0 Å². The summed E-state index contributed by atoms with van der Waals surface area (Å²) in [5.74, 6) is 0.361. The van der Waals surface area contributed by atoms with E-state index in [1.807, 2.05) is 13.0 Å². The summed E-state index contributed by atoms with van der Waals surface area (Å²) in [6, 6.07) is 8.24. The third kappa shape index (κ3) is 4.25. The lowest BCUT2D eigenvalue weighted by Gasteiger charge is -2.27. The number of furan rings is 1. The first-order valence-corrected chi connectivity index (χ1v) is 12.1. The van der Waals surface area contributed by atoms with Gasteiger partial charge >= 0.3 is 0 Å². The Balaban J connectivity index is 1.66. The van der Waals surface area contributed by atoms with Gasteiger partial charge in [-0.2, -0.15) is 4.31 Å². The van der Waals surface area contributed by atoms with E-state index in [0.717, 1.165) is 50.9 Å². The van der Waals surface area contributed by atoms with Crippen LogP contribution in [-0.2, 0) is 10.0 Å². The number of nitrogens with zero attached hydrogens (tertiary/aromatic N) is 2. The van der Waals surface area contributed by atoms with E-state index in [4.69, 9.17) is 4.42 Å². The summed E-state index contributed by atoms with van der Waals surface area (Å²) in [6.07, 6.45) is 6.51. The molecule has 1 unspecified atom stereocenters. The monoisotopic (exact) mass is 431 g/mol. The Morgan fingerprint density at radius 1 is 1.03 bits per heavy atom. The zero-order valence-corrected chi connectivity index (χ0v) is 18.2. The van der Waals surface area contributed by atoms with E-state index >= 15 is 0 Å². The molecule has 1 aromatic carbocycles. The smallest absolute Gasteiger partial charge is 0.254 e. The normalized spacial score (nSPS) is 19.0. The molecule has 2 aromatic rings. The van der Waals surface area contributed by atoms with Crippen molar-refractivity contribution in [2.24, 2.45) is 0 Å². The maximum Gasteiger partial charge on any atom is 0.254 e. The number of anilines is 1. The molecule has 1 N–H and O–H groups in total. The molecule has 4 rings (SSSR count). The van der Waals surface area contributed by atoms with Gasteiger partial charge in [0.2, 0.25) is 10.0 Å². The van der Waals surface area contributed by atoms with E-state index in [2.05, 4.69) is 10.2 Å². The van der Waals surface area contributed by atoms with Crippen LogP contribution in [0.3, 0.4) is 0 Å². The minimum atomic E-state index is -3.61. The van der Waals surface area contributed by atoms with Gasteiger partial charge in [0.25, 0.3) is 5.91 Å². The molecular formula is C22H29N3O4S. The molecular weight excluding hydrogens is 402 g/mol. The molecule has 162 valence electrons. The third-order valence-electron chi connectivity index (χ3n) is 5.93. The maximum atomic E-state index is 13.2. The van der Waals surface area contributed by atoms with Gasteiger partial charge in [-0.05, 0) is 62.9 Å². The molecule has 3 heterocycles. The molecule has 1 aromatic heterocycles. The number of piperidine rings is 1. The summed E-state index contributed by atoms with van der Waals surface area (Å²) in [4.78, 5) is 15.5. The van der Waals surface area contributed by atoms with E-state index in [0.29, 0.717) is 24.4 Å². The highest BCUT2D eigenvalue weighted by Crippen LogP contribution is 2.30. The van der Waals surface area contributed by atoms with Crippen molar-refractivity contribution in [2.75, 3.05) is 31.1 Å². The van der Waals surface area contributed by atoms with Crippen molar-refractivity contribution in [3.05, 3.63) is 47.9 Å². The lowest BCUT2D eigenvalue weighted by Crippen LogP contribution is -2.36. The first-order chi connectivity index (χ1) is 14.5.